The molecule has 1 aromatic heterocycles. The first-order chi connectivity index (χ1) is 18.3. The quantitative estimate of drug-likeness (QED) is 0.190. The van der Waals surface area contributed by atoms with Crippen molar-refractivity contribution in [1.82, 2.24) is 0 Å². The smallest absolute Gasteiger partial charge is 0.246 e. The van der Waals surface area contributed by atoms with E-state index in [0.717, 1.165) is 28.3 Å². The normalized spacial score (nSPS) is 11.9. The summed E-state index contributed by atoms with van der Waals surface area (Å²) in [4.78, 5) is -0.337. The number of nitrogens with zero attached hydrogens (tertiary/aromatic N) is 2. The van der Waals surface area contributed by atoms with E-state index < -0.39 is 15.9 Å². The van der Waals surface area contributed by atoms with Crippen LogP contribution in [0.1, 0.15) is 5.56 Å². The number of nitrogens with two attached hydrogens (primary N) is 1. The molecule has 0 radical (unpaired) electrons. The van der Waals surface area contributed by atoms with Gasteiger partial charge in [0.1, 0.15) is 4.90 Å². The Balaban J connectivity index is 1.80. The van der Waals surface area contributed by atoms with Gasteiger partial charge in [-0.25, -0.2) is 13.6 Å². The minimum absolute atomic E-state index is 0.0380. The van der Waals surface area contributed by atoms with E-state index in [1.165, 1.54) is 12.1 Å². The van der Waals surface area contributed by atoms with Gasteiger partial charge in [-0.05, 0) is 62.9 Å². The number of rotatable bonds is 6. The molecule has 0 aliphatic heterocycles. The highest BCUT2D eigenvalue weighted by Gasteiger charge is 2.24. The van der Waals surface area contributed by atoms with Gasteiger partial charge in [-0.3, -0.25) is 0 Å². The molecule has 0 bridgehead atoms. The molecule has 5 aromatic rings. The molecule has 8 heteroatoms. The van der Waals surface area contributed by atoms with E-state index in [0.29, 0.717) is 11.4 Å². The Morgan fingerprint density at radius 2 is 1.16 bits per heavy atom. The molecular weight excluding hydrogens is 518 g/mol. The van der Waals surface area contributed by atoms with Gasteiger partial charge in [-0.1, -0.05) is 84.4 Å². The molecular formula is C30H22ClN3O3S. The van der Waals surface area contributed by atoms with Crippen molar-refractivity contribution in [3.05, 3.63) is 132 Å². The van der Waals surface area contributed by atoms with Crippen molar-refractivity contribution >= 4 is 27.5 Å². The number of primary sulfonamides is 1. The maximum absolute atomic E-state index is 13.5. The summed E-state index contributed by atoms with van der Waals surface area (Å²) in [6, 6.07) is 37.0. The third kappa shape index (κ3) is 5.35. The highest BCUT2D eigenvalue weighted by atomic mass is 35.5. The van der Waals surface area contributed by atoms with Crippen molar-refractivity contribution in [1.29, 1.82) is 0 Å². The zero-order valence-corrected chi connectivity index (χ0v) is 21.6. The van der Waals surface area contributed by atoms with Gasteiger partial charge < -0.3 is 5.11 Å². The molecule has 188 valence electrons. The summed E-state index contributed by atoms with van der Waals surface area (Å²) >= 11 is 6.03. The standard InChI is InChI=1S/C30H22ClN3O3S/c31-26-17-16-24(20-29(26)38(32,36)37)30(35)33-34-27(22-12-6-2-7-13-22)18-25(21-10-4-1-5-11-21)19-28(34)23-14-8-3-9-15-23/h1-20H,(H2-,32,33,35,36,37). The van der Waals surface area contributed by atoms with Crippen molar-refractivity contribution in [2.75, 3.05) is 0 Å². The Labute approximate surface area is 226 Å². The van der Waals surface area contributed by atoms with Crippen molar-refractivity contribution in [2.24, 2.45) is 10.2 Å². The molecule has 0 amide bonds. The maximum atomic E-state index is 13.5. The lowest BCUT2D eigenvalue weighted by Gasteiger charge is -2.13. The summed E-state index contributed by atoms with van der Waals surface area (Å²) < 4.78 is 25.6. The topological polar surface area (TPSA) is 99.5 Å². The van der Waals surface area contributed by atoms with E-state index in [1.807, 2.05) is 103 Å². The molecule has 0 aliphatic rings. The minimum atomic E-state index is -4.13. The van der Waals surface area contributed by atoms with Crippen LogP contribution < -0.4 is 14.9 Å². The largest absolute Gasteiger partial charge is 0.854 e. The van der Waals surface area contributed by atoms with Crippen LogP contribution in [0.4, 0.5) is 0 Å². The maximum Gasteiger partial charge on any atom is 0.246 e. The van der Waals surface area contributed by atoms with Crippen LogP contribution in [0.15, 0.2) is 131 Å². The van der Waals surface area contributed by atoms with E-state index >= 15 is 0 Å². The molecule has 0 saturated heterocycles. The molecule has 5 rings (SSSR count). The van der Waals surface area contributed by atoms with E-state index in [-0.39, 0.29) is 15.5 Å². The zero-order chi connectivity index (χ0) is 26.7. The first kappa shape index (κ1) is 25.4. The lowest BCUT2D eigenvalue weighted by Crippen LogP contribution is -2.38. The molecule has 6 nitrogen and oxygen atoms in total. The zero-order valence-electron chi connectivity index (χ0n) is 20.0. The third-order valence-electron chi connectivity index (χ3n) is 5.96. The Morgan fingerprint density at radius 1 is 0.684 bits per heavy atom. The number of aromatic nitrogens is 1. The summed E-state index contributed by atoms with van der Waals surface area (Å²) in [6.45, 7) is 0. The number of halogens is 1. The molecule has 0 spiro atoms. The van der Waals surface area contributed by atoms with E-state index in [9.17, 15) is 13.5 Å². The van der Waals surface area contributed by atoms with Gasteiger partial charge in [-0.15, -0.1) is 0 Å². The van der Waals surface area contributed by atoms with E-state index in [1.54, 1.807) is 4.68 Å². The minimum Gasteiger partial charge on any atom is -0.854 e. The predicted octanol–water partition coefficient (Wildman–Crippen LogP) is 4.85. The summed E-state index contributed by atoms with van der Waals surface area (Å²) in [5, 5.41) is 23.2. The van der Waals surface area contributed by atoms with Crippen LogP contribution in [0.2, 0.25) is 5.02 Å². The SMILES string of the molecule is NS(=O)(=O)c1cc(C([O-])=N[n+]2c(-c3ccccc3)cc(-c3ccccc3)cc2-c2ccccc2)ccc1Cl. The average molecular weight is 540 g/mol. The van der Waals surface area contributed by atoms with Crippen molar-refractivity contribution in [2.45, 2.75) is 4.90 Å². The number of pyridine rings is 1. The fourth-order valence-electron chi connectivity index (χ4n) is 4.13. The van der Waals surface area contributed by atoms with Gasteiger partial charge in [-0.2, -0.15) is 0 Å². The van der Waals surface area contributed by atoms with Crippen LogP contribution in [0.5, 0.6) is 0 Å². The van der Waals surface area contributed by atoms with Crippen molar-refractivity contribution < 1.29 is 18.2 Å². The average Bonchev–Trinajstić information content (AvgIpc) is 2.94. The van der Waals surface area contributed by atoms with Gasteiger partial charge in [0, 0.05) is 23.3 Å². The number of hydrogen-bond donors (Lipinski definition) is 1. The van der Waals surface area contributed by atoms with Gasteiger partial charge in [0.25, 0.3) is 0 Å². The van der Waals surface area contributed by atoms with Gasteiger partial charge >= 0.3 is 0 Å². The summed E-state index contributed by atoms with van der Waals surface area (Å²) in [5.41, 5.74) is 5.05. The fraction of sp³-hybridized carbons (Fsp3) is 0. The van der Waals surface area contributed by atoms with E-state index in [4.69, 9.17) is 16.7 Å². The molecule has 0 unspecified atom stereocenters. The summed E-state index contributed by atoms with van der Waals surface area (Å²) in [6.07, 6.45) is 0. The second-order valence-electron chi connectivity index (χ2n) is 8.52. The first-order valence-corrected chi connectivity index (χ1v) is 13.6. The van der Waals surface area contributed by atoms with Crippen LogP contribution in [0.3, 0.4) is 0 Å². The van der Waals surface area contributed by atoms with Crippen molar-refractivity contribution in [3.63, 3.8) is 0 Å². The number of benzene rings is 4. The van der Waals surface area contributed by atoms with Crippen LogP contribution in [0, 0.1) is 0 Å². The summed E-state index contributed by atoms with van der Waals surface area (Å²) in [7, 11) is -4.13. The van der Waals surface area contributed by atoms with Gasteiger partial charge in [0.2, 0.25) is 21.4 Å². The monoisotopic (exact) mass is 539 g/mol. The predicted molar refractivity (Wildman–Crippen MR) is 148 cm³/mol. The Morgan fingerprint density at radius 3 is 1.63 bits per heavy atom. The molecule has 0 fully saturated rings. The van der Waals surface area contributed by atoms with E-state index in [2.05, 4.69) is 5.10 Å². The molecule has 4 aromatic carbocycles. The molecule has 38 heavy (non-hydrogen) atoms. The number of hydrogen-bond acceptors (Lipinski definition) is 4. The van der Waals surface area contributed by atoms with Crippen LogP contribution in [-0.2, 0) is 10.0 Å². The Kier molecular flexibility index (Phi) is 7.07. The van der Waals surface area contributed by atoms with Gasteiger partial charge in [0.15, 0.2) is 0 Å². The van der Waals surface area contributed by atoms with Crippen LogP contribution in [0.25, 0.3) is 33.6 Å². The molecule has 0 aliphatic carbocycles. The molecule has 2 N–H and O–H groups in total. The molecule has 1 heterocycles. The lowest BCUT2D eigenvalue weighted by molar-refractivity contribution is -0.659. The Hall–Kier alpha value is -4.30. The van der Waals surface area contributed by atoms with Crippen LogP contribution in [-0.4, -0.2) is 14.3 Å². The van der Waals surface area contributed by atoms with Crippen molar-refractivity contribution in [3.8, 4) is 33.6 Å². The van der Waals surface area contributed by atoms with Gasteiger partial charge in [0.05, 0.1) is 10.9 Å². The summed E-state index contributed by atoms with van der Waals surface area (Å²) in [5.74, 6) is -0.654. The first-order valence-electron chi connectivity index (χ1n) is 11.7. The molecule has 0 atom stereocenters. The number of sulfonamides is 1. The Bertz CT molecular complexity index is 1680. The lowest BCUT2D eigenvalue weighted by atomic mass is 10.00. The second-order valence-corrected chi connectivity index (χ2v) is 10.5. The highest BCUT2D eigenvalue weighted by molar-refractivity contribution is 7.89. The highest BCUT2D eigenvalue weighted by Crippen LogP contribution is 2.29. The third-order valence-corrected chi connectivity index (χ3v) is 7.36. The molecule has 0 saturated carbocycles. The fourth-order valence-corrected chi connectivity index (χ4v) is 5.20. The second kappa shape index (κ2) is 10.6. The van der Waals surface area contributed by atoms with Crippen LogP contribution >= 0.6 is 11.6 Å².